The molecule has 0 saturated heterocycles. The SMILES string of the molecule is c1ccc(-c2cc(-c3ccccc3)nc(-c3cc(-c4cc(-c5nc(-c6ccccc6)cc(-c6ccccc6)n5)cc(N5c6ccccc6Oc6ccccc65)c4)cc(N4c5ccccc5Oc5ccccc54)c3)n2)cc1. The quantitative estimate of drug-likeness (QED) is 0.142. The minimum atomic E-state index is 0.581. The van der Waals surface area contributed by atoms with Crippen LogP contribution in [0.25, 0.3) is 78.9 Å². The molecule has 0 radical (unpaired) electrons. The molecule has 8 nitrogen and oxygen atoms in total. The van der Waals surface area contributed by atoms with E-state index in [0.29, 0.717) is 11.6 Å². The normalized spacial score (nSPS) is 12.1. The lowest BCUT2D eigenvalue weighted by Crippen LogP contribution is -2.16. The molecule has 0 amide bonds. The number of ether oxygens (including phenoxy) is 2. The molecule has 2 aromatic heterocycles. The number of fused-ring (bicyclic) bond motifs is 4. The molecule has 14 rings (SSSR count). The van der Waals surface area contributed by atoms with E-state index in [2.05, 4.69) is 131 Å². The summed E-state index contributed by atoms with van der Waals surface area (Å²) < 4.78 is 13.2. The summed E-state index contributed by atoms with van der Waals surface area (Å²) in [4.78, 5) is 26.1. The fraction of sp³-hybridized carbons (Fsp3) is 0. The molecule has 2 aliphatic heterocycles. The van der Waals surface area contributed by atoms with Gasteiger partial charge < -0.3 is 19.3 Å². The predicted molar refractivity (Wildman–Crippen MR) is 305 cm³/mol. The molecule has 76 heavy (non-hydrogen) atoms. The molecule has 12 aromatic rings. The first kappa shape index (κ1) is 44.3. The first-order chi connectivity index (χ1) is 37.6. The minimum Gasteiger partial charge on any atom is -0.453 e. The summed E-state index contributed by atoms with van der Waals surface area (Å²) in [5.41, 5.74) is 16.1. The van der Waals surface area contributed by atoms with Crippen molar-refractivity contribution in [2.75, 3.05) is 9.80 Å². The molecule has 0 N–H and O–H groups in total. The van der Waals surface area contributed by atoms with E-state index in [4.69, 9.17) is 29.4 Å². The zero-order valence-electron chi connectivity index (χ0n) is 40.9. The summed E-state index contributed by atoms with van der Waals surface area (Å²) >= 11 is 0. The standard InChI is InChI=1S/C68H44N6O2/c1-5-21-45(22-6-1)55-43-56(46-23-7-2-8-24-46)70-67(69-55)51-37-49(39-53(41-51)73-59-29-13-17-33-63(59)75-64-34-18-14-30-60(64)73)50-38-52(42-54(40-50)74-61-31-15-19-35-65(61)76-66-36-20-16-32-62(66)74)68-71-57(47-25-9-3-10-26-47)44-58(72-68)48-27-11-4-12-28-48/h1-44H. The molecule has 2 aliphatic rings. The molecular weight excluding hydrogens is 933 g/mol. The van der Waals surface area contributed by atoms with Crippen molar-refractivity contribution in [3.63, 3.8) is 0 Å². The van der Waals surface area contributed by atoms with Gasteiger partial charge in [-0.05, 0) is 108 Å². The van der Waals surface area contributed by atoms with E-state index in [-0.39, 0.29) is 0 Å². The van der Waals surface area contributed by atoms with Crippen LogP contribution in [0.1, 0.15) is 0 Å². The lowest BCUT2D eigenvalue weighted by molar-refractivity contribution is 0.476. The predicted octanol–water partition coefficient (Wildman–Crippen LogP) is 18.1. The van der Waals surface area contributed by atoms with Crippen molar-refractivity contribution in [1.82, 2.24) is 19.9 Å². The van der Waals surface area contributed by atoms with Crippen LogP contribution in [0.5, 0.6) is 23.0 Å². The van der Waals surface area contributed by atoms with Gasteiger partial charge in [0.2, 0.25) is 0 Å². The number of hydrogen-bond acceptors (Lipinski definition) is 8. The number of aromatic nitrogens is 4. The van der Waals surface area contributed by atoms with Crippen molar-refractivity contribution in [2.24, 2.45) is 0 Å². The maximum absolute atomic E-state index is 6.58. The Morgan fingerprint density at radius 1 is 0.224 bits per heavy atom. The zero-order valence-corrected chi connectivity index (χ0v) is 40.9. The molecule has 358 valence electrons. The van der Waals surface area contributed by atoms with Crippen LogP contribution in [-0.4, -0.2) is 19.9 Å². The number of anilines is 6. The molecular formula is C68H44N6O2. The highest BCUT2D eigenvalue weighted by Gasteiger charge is 2.29. The van der Waals surface area contributed by atoms with Gasteiger partial charge in [0.1, 0.15) is 0 Å². The number of hydrogen-bond donors (Lipinski definition) is 0. The van der Waals surface area contributed by atoms with E-state index < -0.39 is 0 Å². The van der Waals surface area contributed by atoms with E-state index in [1.165, 1.54) is 0 Å². The molecule has 0 bridgehead atoms. The Bertz CT molecular complexity index is 3660. The Morgan fingerprint density at radius 2 is 0.474 bits per heavy atom. The van der Waals surface area contributed by atoms with Crippen LogP contribution in [0.2, 0.25) is 0 Å². The van der Waals surface area contributed by atoms with Gasteiger partial charge in [0.25, 0.3) is 0 Å². The van der Waals surface area contributed by atoms with E-state index in [0.717, 1.165) is 124 Å². The number of benzene rings is 10. The summed E-state index contributed by atoms with van der Waals surface area (Å²) in [6.07, 6.45) is 0. The zero-order chi connectivity index (χ0) is 50.4. The molecule has 0 atom stereocenters. The van der Waals surface area contributed by atoms with Crippen molar-refractivity contribution in [2.45, 2.75) is 0 Å². The summed E-state index contributed by atoms with van der Waals surface area (Å²) in [6.45, 7) is 0. The van der Waals surface area contributed by atoms with Crippen LogP contribution in [0.15, 0.2) is 267 Å². The summed E-state index contributed by atoms with van der Waals surface area (Å²) in [5.74, 6) is 4.16. The van der Waals surface area contributed by atoms with Crippen molar-refractivity contribution in [1.29, 1.82) is 0 Å². The van der Waals surface area contributed by atoms with Crippen molar-refractivity contribution in [3.05, 3.63) is 267 Å². The van der Waals surface area contributed by atoms with Crippen LogP contribution in [0, 0.1) is 0 Å². The highest BCUT2D eigenvalue weighted by Crippen LogP contribution is 2.53. The molecule has 0 fully saturated rings. The van der Waals surface area contributed by atoms with Gasteiger partial charge in [0.05, 0.1) is 45.5 Å². The van der Waals surface area contributed by atoms with Gasteiger partial charge in [-0.25, -0.2) is 19.9 Å². The molecule has 0 unspecified atom stereocenters. The molecule has 4 heterocycles. The first-order valence-electron chi connectivity index (χ1n) is 25.3. The van der Waals surface area contributed by atoms with E-state index in [9.17, 15) is 0 Å². The fourth-order valence-electron chi connectivity index (χ4n) is 10.2. The van der Waals surface area contributed by atoms with Gasteiger partial charge in [0, 0.05) is 44.8 Å². The summed E-state index contributed by atoms with van der Waals surface area (Å²) in [6, 6.07) is 91.4. The second-order valence-electron chi connectivity index (χ2n) is 18.7. The number of rotatable bonds is 9. The average molecular weight is 977 g/mol. The lowest BCUT2D eigenvalue weighted by Gasteiger charge is -2.34. The largest absolute Gasteiger partial charge is 0.453 e. The lowest BCUT2D eigenvalue weighted by atomic mass is 9.96. The van der Waals surface area contributed by atoms with E-state index in [1.807, 2.05) is 146 Å². The third-order valence-electron chi connectivity index (χ3n) is 13.8. The Kier molecular flexibility index (Phi) is 11.0. The Labute approximate surface area is 440 Å². The van der Waals surface area contributed by atoms with Crippen LogP contribution < -0.4 is 19.3 Å². The molecule has 0 spiro atoms. The van der Waals surface area contributed by atoms with Crippen molar-refractivity contribution in [3.8, 4) is 102 Å². The van der Waals surface area contributed by atoms with E-state index >= 15 is 0 Å². The van der Waals surface area contributed by atoms with Crippen molar-refractivity contribution < 1.29 is 9.47 Å². The van der Waals surface area contributed by atoms with Gasteiger partial charge in [0.15, 0.2) is 34.6 Å². The van der Waals surface area contributed by atoms with Crippen LogP contribution in [0.4, 0.5) is 34.1 Å². The maximum Gasteiger partial charge on any atom is 0.160 e. The Hall–Kier alpha value is -10.4. The molecule has 8 heteroatoms. The highest BCUT2D eigenvalue weighted by atomic mass is 16.5. The van der Waals surface area contributed by atoms with Gasteiger partial charge in [-0.15, -0.1) is 0 Å². The number of para-hydroxylation sites is 8. The maximum atomic E-state index is 6.58. The monoisotopic (exact) mass is 976 g/mol. The van der Waals surface area contributed by atoms with Crippen LogP contribution >= 0.6 is 0 Å². The Morgan fingerprint density at radius 3 is 0.763 bits per heavy atom. The van der Waals surface area contributed by atoms with Crippen molar-refractivity contribution >= 4 is 34.1 Å². The minimum absolute atomic E-state index is 0.581. The molecule has 0 saturated carbocycles. The Balaban J connectivity index is 1.05. The van der Waals surface area contributed by atoms with Gasteiger partial charge in [-0.2, -0.15) is 0 Å². The molecule has 10 aromatic carbocycles. The van der Waals surface area contributed by atoms with Crippen LogP contribution in [0.3, 0.4) is 0 Å². The highest BCUT2D eigenvalue weighted by molar-refractivity contribution is 5.93. The summed E-state index contributed by atoms with van der Waals surface area (Å²) in [5, 5.41) is 0. The second-order valence-corrected chi connectivity index (χ2v) is 18.7. The topological polar surface area (TPSA) is 76.5 Å². The van der Waals surface area contributed by atoms with E-state index in [1.54, 1.807) is 0 Å². The van der Waals surface area contributed by atoms with Gasteiger partial charge in [-0.1, -0.05) is 170 Å². The molecule has 0 aliphatic carbocycles. The third-order valence-corrected chi connectivity index (χ3v) is 13.8. The first-order valence-corrected chi connectivity index (χ1v) is 25.3. The fourth-order valence-corrected chi connectivity index (χ4v) is 10.2. The second kappa shape index (κ2) is 18.9. The third kappa shape index (κ3) is 8.26. The average Bonchev–Trinajstić information content (AvgIpc) is 3.55. The summed E-state index contributed by atoms with van der Waals surface area (Å²) in [7, 11) is 0. The smallest absolute Gasteiger partial charge is 0.160 e. The van der Waals surface area contributed by atoms with Crippen LogP contribution in [-0.2, 0) is 0 Å². The number of nitrogens with zero attached hydrogens (tertiary/aromatic N) is 6. The van der Waals surface area contributed by atoms with Gasteiger partial charge in [-0.3, -0.25) is 0 Å². The van der Waals surface area contributed by atoms with Gasteiger partial charge >= 0.3 is 0 Å².